The lowest BCUT2D eigenvalue weighted by Crippen LogP contribution is -2.34. The highest BCUT2D eigenvalue weighted by atomic mass is 19.3. The Morgan fingerprint density at radius 1 is 1.21 bits per heavy atom. The van der Waals surface area contributed by atoms with Crippen LogP contribution in [0.15, 0.2) is 60.3 Å². The number of rotatable bonds is 4. The number of nitrogens with one attached hydrogen (secondary N) is 3. The number of alkyl halides is 2. The SMILES string of the molecule is N=C(OC(=N)C(F)F)c1ccc(CN2C=C3C=CC=CC3N2)cc1. The van der Waals surface area contributed by atoms with Crippen molar-refractivity contribution in [2.45, 2.75) is 19.0 Å². The van der Waals surface area contributed by atoms with Gasteiger partial charge in [0, 0.05) is 11.8 Å². The molecule has 0 radical (unpaired) electrons. The van der Waals surface area contributed by atoms with E-state index in [0.29, 0.717) is 12.1 Å². The lowest BCUT2D eigenvalue weighted by molar-refractivity contribution is 0.197. The molecule has 3 N–H and O–H groups in total. The standard InChI is InChI=1S/C17H16F2N4O/c18-15(19)17(21)24-16(20)12-7-5-11(6-8-12)9-23-10-13-3-1-2-4-14(13)22-23/h1-8,10,14-15,20-22H,9H2. The predicted molar refractivity (Wildman–Crippen MR) is 86.9 cm³/mol. The average Bonchev–Trinajstić information content (AvgIpc) is 2.97. The Labute approximate surface area is 137 Å². The van der Waals surface area contributed by atoms with E-state index in [1.165, 1.54) is 5.57 Å². The van der Waals surface area contributed by atoms with E-state index in [1.54, 1.807) is 24.3 Å². The molecule has 0 saturated heterocycles. The molecule has 7 heteroatoms. The van der Waals surface area contributed by atoms with Gasteiger partial charge in [0.25, 0.3) is 5.90 Å². The summed E-state index contributed by atoms with van der Waals surface area (Å²) in [5, 5.41) is 16.5. The van der Waals surface area contributed by atoms with Crippen molar-refractivity contribution in [2.24, 2.45) is 0 Å². The van der Waals surface area contributed by atoms with Crippen LogP contribution >= 0.6 is 0 Å². The van der Waals surface area contributed by atoms with Crippen molar-refractivity contribution in [3.05, 3.63) is 71.5 Å². The van der Waals surface area contributed by atoms with E-state index in [-0.39, 0.29) is 6.04 Å². The molecule has 1 aliphatic carbocycles. The van der Waals surface area contributed by atoms with Gasteiger partial charge < -0.3 is 9.75 Å². The summed E-state index contributed by atoms with van der Waals surface area (Å²) in [6, 6.07) is 7.02. The number of nitrogens with zero attached hydrogens (tertiary/aromatic N) is 1. The molecule has 5 nitrogen and oxygen atoms in total. The summed E-state index contributed by atoms with van der Waals surface area (Å²) >= 11 is 0. The number of fused-ring (bicyclic) bond motifs is 1. The van der Waals surface area contributed by atoms with Crippen LogP contribution in [0.25, 0.3) is 0 Å². The maximum atomic E-state index is 12.2. The molecule has 1 atom stereocenters. The Balaban J connectivity index is 1.60. The summed E-state index contributed by atoms with van der Waals surface area (Å²) in [4.78, 5) is 0. The second-order valence-electron chi connectivity index (χ2n) is 5.40. The molecular weight excluding hydrogens is 314 g/mol. The second kappa shape index (κ2) is 6.76. The zero-order valence-corrected chi connectivity index (χ0v) is 12.7. The third-order valence-corrected chi connectivity index (χ3v) is 3.65. The van der Waals surface area contributed by atoms with E-state index in [9.17, 15) is 8.78 Å². The molecule has 1 unspecified atom stereocenters. The van der Waals surface area contributed by atoms with Gasteiger partial charge in [0.15, 0.2) is 0 Å². The van der Waals surface area contributed by atoms with Crippen LogP contribution < -0.4 is 5.43 Å². The van der Waals surface area contributed by atoms with E-state index < -0.39 is 18.2 Å². The smallest absolute Gasteiger partial charge is 0.312 e. The number of halogens is 2. The number of hydrogen-bond donors (Lipinski definition) is 3. The predicted octanol–water partition coefficient (Wildman–Crippen LogP) is 2.97. The summed E-state index contributed by atoms with van der Waals surface area (Å²) in [5.41, 5.74) is 5.87. The number of hydrogen-bond acceptors (Lipinski definition) is 5. The summed E-state index contributed by atoms with van der Waals surface area (Å²) < 4.78 is 29.0. The maximum absolute atomic E-state index is 12.2. The van der Waals surface area contributed by atoms with Crippen LogP contribution in [0, 0.1) is 10.8 Å². The number of benzene rings is 1. The minimum Gasteiger partial charge on any atom is -0.419 e. The summed E-state index contributed by atoms with van der Waals surface area (Å²) in [7, 11) is 0. The Kier molecular flexibility index (Phi) is 4.52. The van der Waals surface area contributed by atoms with Crippen LogP contribution in [0.3, 0.4) is 0 Å². The van der Waals surface area contributed by atoms with Gasteiger partial charge in [-0.3, -0.25) is 10.8 Å². The van der Waals surface area contributed by atoms with Gasteiger partial charge >= 0.3 is 6.43 Å². The molecule has 0 spiro atoms. The first-order valence-corrected chi connectivity index (χ1v) is 7.34. The molecule has 1 aliphatic heterocycles. The highest BCUT2D eigenvalue weighted by Gasteiger charge is 2.21. The van der Waals surface area contributed by atoms with Gasteiger partial charge in [-0.15, -0.1) is 0 Å². The maximum Gasteiger partial charge on any atom is 0.312 e. The lowest BCUT2D eigenvalue weighted by Gasteiger charge is -2.19. The average molecular weight is 330 g/mol. The van der Waals surface area contributed by atoms with Crippen LogP contribution in [0.5, 0.6) is 0 Å². The molecule has 0 fully saturated rings. The topological polar surface area (TPSA) is 72.2 Å². The van der Waals surface area contributed by atoms with Crippen molar-refractivity contribution in [3.8, 4) is 0 Å². The zero-order chi connectivity index (χ0) is 17.1. The molecular formula is C17H16F2N4O. The fourth-order valence-electron chi connectivity index (χ4n) is 2.46. The highest BCUT2D eigenvalue weighted by molar-refractivity contribution is 5.99. The minimum absolute atomic E-state index is 0.191. The first-order valence-electron chi connectivity index (χ1n) is 7.34. The monoisotopic (exact) mass is 330 g/mol. The fourth-order valence-corrected chi connectivity index (χ4v) is 2.46. The Hall–Kier alpha value is -2.80. The summed E-state index contributed by atoms with van der Waals surface area (Å²) in [5.74, 6) is -1.68. The quantitative estimate of drug-likeness (QED) is 0.587. The van der Waals surface area contributed by atoms with Crippen LogP contribution in [0.4, 0.5) is 8.78 Å². The molecule has 24 heavy (non-hydrogen) atoms. The molecule has 0 aromatic heterocycles. The van der Waals surface area contributed by atoms with Crippen LogP contribution in [-0.2, 0) is 11.3 Å². The normalized spacial score (nSPS) is 18.5. The Morgan fingerprint density at radius 3 is 2.62 bits per heavy atom. The largest absolute Gasteiger partial charge is 0.419 e. The third kappa shape index (κ3) is 3.57. The molecule has 1 heterocycles. The third-order valence-electron chi connectivity index (χ3n) is 3.65. The van der Waals surface area contributed by atoms with E-state index >= 15 is 0 Å². The second-order valence-corrected chi connectivity index (χ2v) is 5.40. The molecule has 3 rings (SSSR count). The van der Waals surface area contributed by atoms with Crippen molar-refractivity contribution in [1.29, 1.82) is 10.8 Å². The van der Waals surface area contributed by atoms with Gasteiger partial charge in [0.2, 0.25) is 5.90 Å². The zero-order valence-electron chi connectivity index (χ0n) is 12.7. The Morgan fingerprint density at radius 2 is 1.96 bits per heavy atom. The van der Waals surface area contributed by atoms with Crippen LogP contribution in [0.1, 0.15) is 11.1 Å². The van der Waals surface area contributed by atoms with Crippen molar-refractivity contribution < 1.29 is 13.5 Å². The van der Waals surface area contributed by atoms with Crippen LogP contribution in [-0.4, -0.2) is 29.3 Å². The molecule has 1 aromatic carbocycles. The van der Waals surface area contributed by atoms with Gasteiger partial charge in [-0.2, -0.15) is 8.78 Å². The first-order chi connectivity index (χ1) is 11.5. The molecule has 2 aliphatic rings. The molecule has 1 aromatic rings. The first kappa shape index (κ1) is 16.1. The lowest BCUT2D eigenvalue weighted by atomic mass is 10.1. The van der Waals surface area contributed by atoms with Crippen molar-refractivity contribution in [2.75, 3.05) is 0 Å². The number of ether oxygens (including phenoxy) is 1. The van der Waals surface area contributed by atoms with Crippen LogP contribution in [0.2, 0.25) is 0 Å². The van der Waals surface area contributed by atoms with Gasteiger partial charge in [0.1, 0.15) is 0 Å². The van der Waals surface area contributed by atoms with Gasteiger partial charge in [-0.05, 0) is 23.3 Å². The van der Waals surface area contributed by atoms with Crippen molar-refractivity contribution in [3.63, 3.8) is 0 Å². The van der Waals surface area contributed by atoms with E-state index in [0.717, 1.165) is 5.56 Å². The van der Waals surface area contributed by atoms with Gasteiger partial charge in [-0.25, -0.2) is 5.43 Å². The molecule has 0 saturated carbocycles. The van der Waals surface area contributed by atoms with Crippen molar-refractivity contribution in [1.82, 2.24) is 10.4 Å². The number of hydrazine groups is 1. The molecule has 124 valence electrons. The van der Waals surface area contributed by atoms with E-state index in [4.69, 9.17) is 10.8 Å². The van der Waals surface area contributed by atoms with Crippen molar-refractivity contribution >= 4 is 11.8 Å². The highest BCUT2D eigenvalue weighted by Crippen LogP contribution is 2.20. The van der Waals surface area contributed by atoms with E-state index in [1.807, 2.05) is 23.4 Å². The van der Waals surface area contributed by atoms with E-state index in [2.05, 4.69) is 22.3 Å². The summed E-state index contributed by atoms with van der Waals surface area (Å²) in [6.45, 7) is 0.628. The summed E-state index contributed by atoms with van der Waals surface area (Å²) in [6.07, 6.45) is 7.13. The molecule has 0 bridgehead atoms. The Bertz CT molecular complexity index is 737. The fraction of sp³-hybridized carbons (Fsp3) is 0.176. The minimum atomic E-state index is -3.02. The number of allylic oxidation sites excluding steroid dienone is 2. The van der Waals surface area contributed by atoms with Gasteiger partial charge in [-0.1, -0.05) is 36.4 Å². The van der Waals surface area contributed by atoms with Gasteiger partial charge in [0.05, 0.1) is 12.6 Å². The molecule has 0 amide bonds.